The van der Waals surface area contributed by atoms with Gasteiger partial charge in [-0.1, -0.05) is 84.2 Å². The Bertz CT molecular complexity index is 1450. The number of amides is 2. The van der Waals surface area contributed by atoms with E-state index in [1.54, 1.807) is 42.5 Å². The lowest BCUT2D eigenvalue weighted by molar-refractivity contribution is -0.141. The SMILES string of the molecule is CC[C@H](C)NC(=O)[C@H](Cc1ccccc1)N(Cc1c(Cl)cccc1Cl)C(=O)CCCN(c1cccc(Cl)c1)S(C)(=O)=O. The summed E-state index contributed by atoms with van der Waals surface area (Å²) < 4.78 is 26.4. The highest BCUT2D eigenvalue weighted by Gasteiger charge is 2.32. The van der Waals surface area contributed by atoms with E-state index >= 15 is 0 Å². The van der Waals surface area contributed by atoms with Gasteiger partial charge in [0.15, 0.2) is 0 Å². The molecule has 226 valence electrons. The van der Waals surface area contributed by atoms with E-state index in [0.29, 0.717) is 26.3 Å². The second-order valence-corrected chi connectivity index (χ2v) is 13.3. The topological polar surface area (TPSA) is 86.8 Å². The first-order valence-corrected chi connectivity index (χ1v) is 16.7. The van der Waals surface area contributed by atoms with E-state index in [1.807, 2.05) is 44.2 Å². The van der Waals surface area contributed by atoms with E-state index in [0.717, 1.165) is 18.2 Å². The molecule has 0 unspecified atom stereocenters. The number of rotatable bonds is 14. The number of benzene rings is 3. The van der Waals surface area contributed by atoms with Crippen molar-refractivity contribution < 1.29 is 18.0 Å². The Labute approximate surface area is 263 Å². The highest BCUT2D eigenvalue weighted by atomic mass is 35.5. The molecule has 3 aromatic rings. The van der Waals surface area contributed by atoms with Crippen molar-refractivity contribution in [1.82, 2.24) is 10.2 Å². The van der Waals surface area contributed by atoms with Crippen LogP contribution < -0.4 is 9.62 Å². The second kappa shape index (κ2) is 15.6. The molecule has 42 heavy (non-hydrogen) atoms. The second-order valence-electron chi connectivity index (χ2n) is 10.2. The molecule has 0 aliphatic rings. The Balaban J connectivity index is 1.94. The van der Waals surface area contributed by atoms with E-state index in [4.69, 9.17) is 34.8 Å². The fraction of sp³-hybridized carbons (Fsp3) is 0.355. The number of halogens is 3. The number of nitrogens with one attached hydrogen (secondary N) is 1. The van der Waals surface area contributed by atoms with Gasteiger partial charge in [0, 0.05) is 52.6 Å². The van der Waals surface area contributed by atoms with Gasteiger partial charge in [-0.05, 0) is 55.7 Å². The van der Waals surface area contributed by atoms with E-state index < -0.39 is 16.1 Å². The molecule has 0 heterocycles. The predicted octanol–water partition coefficient (Wildman–Crippen LogP) is 6.75. The van der Waals surface area contributed by atoms with Crippen molar-refractivity contribution in [2.45, 2.75) is 58.2 Å². The molecule has 3 aromatic carbocycles. The zero-order valence-corrected chi connectivity index (χ0v) is 27.0. The minimum Gasteiger partial charge on any atom is -0.352 e. The van der Waals surface area contributed by atoms with Gasteiger partial charge in [0.25, 0.3) is 0 Å². The summed E-state index contributed by atoms with van der Waals surface area (Å²) >= 11 is 19.1. The minimum absolute atomic E-state index is 0.00680. The summed E-state index contributed by atoms with van der Waals surface area (Å²) in [5.74, 6) is -0.618. The summed E-state index contributed by atoms with van der Waals surface area (Å²) in [6.45, 7) is 3.93. The monoisotopic (exact) mass is 651 g/mol. The van der Waals surface area contributed by atoms with E-state index in [-0.39, 0.29) is 50.2 Å². The first kappa shape index (κ1) is 33.7. The molecule has 2 atom stereocenters. The van der Waals surface area contributed by atoms with Crippen molar-refractivity contribution in [3.63, 3.8) is 0 Å². The molecule has 0 saturated heterocycles. The van der Waals surface area contributed by atoms with Crippen LogP contribution in [0.1, 0.15) is 44.2 Å². The molecule has 0 aliphatic carbocycles. The van der Waals surface area contributed by atoms with E-state index in [1.165, 1.54) is 9.21 Å². The molecule has 2 amide bonds. The molecule has 0 aliphatic heterocycles. The third-order valence-corrected chi connectivity index (χ3v) is 9.05. The summed E-state index contributed by atoms with van der Waals surface area (Å²) in [7, 11) is -3.65. The third kappa shape index (κ3) is 9.63. The van der Waals surface area contributed by atoms with Gasteiger partial charge in [0.1, 0.15) is 6.04 Å². The van der Waals surface area contributed by atoms with Crippen LogP contribution in [0.15, 0.2) is 72.8 Å². The van der Waals surface area contributed by atoms with Crippen LogP contribution in [0.3, 0.4) is 0 Å². The Morgan fingerprint density at radius 3 is 2.17 bits per heavy atom. The lowest BCUT2D eigenvalue weighted by atomic mass is 10.0. The lowest BCUT2D eigenvalue weighted by Gasteiger charge is -2.33. The number of nitrogens with zero attached hydrogens (tertiary/aromatic N) is 2. The zero-order chi connectivity index (χ0) is 30.9. The maximum absolute atomic E-state index is 14.0. The van der Waals surface area contributed by atoms with Crippen LogP contribution in [0.2, 0.25) is 15.1 Å². The van der Waals surface area contributed by atoms with Crippen LogP contribution in [0.25, 0.3) is 0 Å². The van der Waals surface area contributed by atoms with Gasteiger partial charge in [-0.3, -0.25) is 13.9 Å². The standard InChI is InChI=1S/C31H36Cl3N3O4S/c1-4-22(2)35-31(39)29(19-23-11-6-5-7-12-23)36(21-26-27(33)15-9-16-28(26)34)30(38)17-10-18-37(42(3,40)41)25-14-8-13-24(32)20-25/h5-9,11-16,20,22,29H,4,10,17-19,21H2,1-3H3,(H,35,39)/t22-,29-/m0/s1. The van der Waals surface area contributed by atoms with Crippen molar-refractivity contribution in [3.05, 3.63) is 99.0 Å². The molecule has 0 spiro atoms. The smallest absolute Gasteiger partial charge is 0.243 e. The maximum atomic E-state index is 14.0. The maximum Gasteiger partial charge on any atom is 0.243 e. The Morgan fingerprint density at radius 1 is 0.929 bits per heavy atom. The molecule has 1 N–H and O–H groups in total. The largest absolute Gasteiger partial charge is 0.352 e. The van der Waals surface area contributed by atoms with Crippen molar-refractivity contribution in [2.75, 3.05) is 17.1 Å². The fourth-order valence-corrected chi connectivity index (χ4v) is 6.14. The van der Waals surface area contributed by atoms with Crippen molar-refractivity contribution >= 4 is 62.3 Å². The predicted molar refractivity (Wildman–Crippen MR) is 172 cm³/mol. The van der Waals surface area contributed by atoms with Crippen molar-refractivity contribution in [3.8, 4) is 0 Å². The highest BCUT2D eigenvalue weighted by molar-refractivity contribution is 7.92. The van der Waals surface area contributed by atoms with Gasteiger partial charge < -0.3 is 10.2 Å². The van der Waals surface area contributed by atoms with Gasteiger partial charge in [-0.15, -0.1) is 0 Å². The van der Waals surface area contributed by atoms with Crippen LogP contribution in [-0.2, 0) is 32.6 Å². The number of hydrogen-bond donors (Lipinski definition) is 1. The van der Waals surface area contributed by atoms with Gasteiger partial charge in [0.2, 0.25) is 21.8 Å². The molecule has 3 rings (SSSR count). The molecule has 7 nitrogen and oxygen atoms in total. The van der Waals surface area contributed by atoms with Crippen LogP contribution >= 0.6 is 34.8 Å². The Kier molecular flexibility index (Phi) is 12.5. The normalized spacial score (nSPS) is 12.8. The summed E-state index contributed by atoms with van der Waals surface area (Å²) in [6.07, 6.45) is 2.29. The third-order valence-electron chi connectivity index (χ3n) is 6.91. The lowest BCUT2D eigenvalue weighted by Crippen LogP contribution is -2.52. The summed E-state index contributed by atoms with van der Waals surface area (Å²) in [4.78, 5) is 29.1. The first-order chi connectivity index (χ1) is 19.9. The van der Waals surface area contributed by atoms with Crippen molar-refractivity contribution in [2.24, 2.45) is 0 Å². The average Bonchev–Trinajstić information content (AvgIpc) is 2.94. The Morgan fingerprint density at radius 2 is 1.57 bits per heavy atom. The van der Waals surface area contributed by atoms with Gasteiger partial charge >= 0.3 is 0 Å². The highest BCUT2D eigenvalue weighted by Crippen LogP contribution is 2.28. The number of sulfonamides is 1. The number of anilines is 1. The molecule has 0 radical (unpaired) electrons. The van der Waals surface area contributed by atoms with Gasteiger partial charge in [-0.2, -0.15) is 0 Å². The minimum atomic E-state index is -3.65. The fourth-order valence-electron chi connectivity index (χ4n) is 4.48. The van der Waals surface area contributed by atoms with E-state index in [2.05, 4.69) is 5.32 Å². The Hall–Kier alpha value is -2.78. The van der Waals surface area contributed by atoms with Crippen LogP contribution in [0, 0.1) is 0 Å². The first-order valence-electron chi connectivity index (χ1n) is 13.7. The quantitative estimate of drug-likeness (QED) is 0.209. The molecular formula is C31H36Cl3N3O4S. The zero-order valence-electron chi connectivity index (χ0n) is 23.9. The van der Waals surface area contributed by atoms with Crippen LogP contribution in [-0.4, -0.2) is 50.0 Å². The van der Waals surface area contributed by atoms with E-state index in [9.17, 15) is 18.0 Å². The van der Waals surface area contributed by atoms with Crippen LogP contribution in [0.5, 0.6) is 0 Å². The van der Waals surface area contributed by atoms with Crippen molar-refractivity contribution in [1.29, 1.82) is 0 Å². The number of carbonyl (C=O) groups excluding carboxylic acids is 2. The number of carbonyl (C=O) groups is 2. The molecule has 11 heteroatoms. The van der Waals surface area contributed by atoms with Gasteiger partial charge in [-0.25, -0.2) is 8.42 Å². The average molecular weight is 653 g/mol. The molecule has 0 saturated carbocycles. The van der Waals surface area contributed by atoms with Crippen LogP contribution in [0.4, 0.5) is 5.69 Å². The number of hydrogen-bond acceptors (Lipinski definition) is 4. The molecular weight excluding hydrogens is 617 g/mol. The molecule has 0 fully saturated rings. The molecule has 0 bridgehead atoms. The summed E-state index contributed by atoms with van der Waals surface area (Å²) in [5, 5.41) is 4.18. The summed E-state index contributed by atoms with van der Waals surface area (Å²) in [6, 6.07) is 20.1. The summed E-state index contributed by atoms with van der Waals surface area (Å²) in [5.41, 5.74) is 1.82. The molecule has 0 aromatic heterocycles. The van der Waals surface area contributed by atoms with Gasteiger partial charge in [0.05, 0.1) is 11.9 Å².